The minimum Gasteiger partial charge on any atom is -0.459 e. The third kappa shape index (κ3) is 3.23. The molecular weight excluding hydrogens is 342 g/mol. The zero-order chi connectivity index (χ0) is 17.2. The highest BCUT2D eigenvalue weighted by Gasteiger charge is 2.28. The Labute approximate surface area is 149 Å². The van der Waals surface area contributed by atoms with Gasteiger partial charge in [0.1, 0.15) is 30.0 Å². The van der Waals surface area contributed by atoms with Gasteiger partial charge in [0.05, 0.1) is 17.1 Å². The minimum absolute atomic E-state index is 0.132. The molecule has 3 heterocycles. The Hall–Kier alpha value is -2.44. The number of rotatable bonds is 4. The van der Waals surface area contributed by atoms with Gasteiger partial charge in [-0.25, -0.2) is 14.8 Å². The molecule has 0 saturated carbocycles. The van der Waals surface area contributed by atoms with E-state index >= 15 is 0 Å². The molecule has 0 N–H and O–H groups in total. The molecule has 2 atom stereocenters. The number of esters is 1. The van der Waals surface area contributed by atoms with E-state index in [1.807, 2.05) is 35.0 Å². The third-order valence-corrected chi connectivity index (χ3v) is 4.57. The second-order valence-electron chi connectivity index (χ2n) is 5.88. The van der Waals surface area contributed by atoms with Crippen molar-refractivity contribution in [2.75, 3.05) is 6.61 Å². The summed E-state index contributed by atoms with van der Waals surface area (Å²) in [4.78, 5) is 20.3. The molecule has 1 saturated heterocycles. The van der Waals surface area contributed by atoms with Crippen LogP contribution in [-0.4, -0.2) is 33.2 Å². The van der Waals surface area contributed by atoms with E-state index in [0.717, 1.165) is 23.9 Å². The smallest absolute Gasteiger partial charge is 0.338 e. The summed E-state index contributed by atoms with van der Waals surface area (Å²) in [5.74, 6) is -0.335. The zero-order valence-corrected chi connectivity index (χ0v) is 14.1. The largest absolute Gasteiger partial charge is 0.459 e. The van der Waals surface area contributed by atoms with Gasteiger partial charge >= 0.3 is 5.97 Å². The lowest BCUT2D eigenvalue weighted by molar-refractivity contribution is -0.0307. The highest BCUT2D eigenvalue weighted by molar-refractivity contribution is 6.33. The van der Waals surface area contributed by atoms with Crippen LogP contribution in [0.4, 0.5) is 0 Å². The van der Waals surface area contributed by atoms with Gasteiger partial charge in [0.2, 0.25) is 0 Å². The van der Waals surface area contributed by atoms with Gasteiger partial charge in [-0.2, -0.15) is 0 Å². The fourth-order valence-electron chi connectivity index (χ4n) is 3.01. The van der Waals surface area contributed by atoms with Gasteiger partial charge in [-0.3, -0.25) is 0 Å². The second-order valence-corrected chi connectivity index (χ2v) is 6.24. The fourth-order valence-corrected chi connectivity index (χ4v) is 3.20. The molecule has 0 amide bonds. The first-order valence-electron chi connectivity index (χ1n) is 8.07. The van der Waals surface area contributed by atoms with Crippen LogP contribution in [0.5, 0.6) is 0 Å². The van der Waals surface area contributed by atoms with Gasteiger partial charge < -0.3 is 14.0 Å². The van der Waals surface area contributed by atoms with Crippen molar-refractivity contribution in [3.05, 3.63) is 59.6 Å². The molecule has 25 heavy (non-hydrogen) atoms. The molecular formula is C18H16ClN3O3. The number of ether oxygens (including phenoxy) is 2. The van der Waals surface area contributed by atoms with Crippen LogP contribution in [0.15, 0.2) is 48.9 Å². The maximum absolute atomic E-state index is 12.0. The van der Waals surface area contributed by atoms with Crippen LogP contribution >= 0.6 is 11.6 Å². The van der Waals surface area contributed by atoms with Crippen LogP contribution in [0, 0.1) is 0 Å². The predicted octanol–water partition coefficient (Wildman–Crippen LogP) is 3.62. The van der Waals surface area contributed by atoms with Crippen LogP contribution in [0.25, 0.3) is 11.0 Å². The van der Waals surface area contributed by atoms with E-state index in [-0.39, 0.29) is 24.9 Å². The molecule has 1 fully saturated rings. The number of benzene rings is 1. The fraction of sp³-hybridized carbons (Fsp3) is 0.278. The molecule has 1 aliphatic heterocycles. The Bertz CT molecular complexity index is 897. The zero-order valence-electron chi connectivity index (χ0n) is 13.3. The van der Waals surface area contributed by atoms with E-state index in [1.54, 1.807) is 12.1 Å². The quantitative estimate of drug-likeness (QED) is 0.527. The first-order valence-corrected chi connectivity index (χ1v) is 8.45. The van der Waals surface area contributed by atoms with Gasteiger partial charge in [-0.1, -0.05) is 29.8 Å². The summed E-state index contributed by atoms with van der Waals surface area (Å²) in [6.07, 6.45) is 4.68. The summed E-state index contributed by atoms with van der Waals surface area (Å²) in [5, 5.41) is 1.22. The molecule has 0 spiro atoms. The molecule has 0 aliphatic carbocycles. The van der Waals surface area contributed by atoms with Crippen LogP contribution in [0.2, 0.25) is 5.15 Å². The highest BCUT2D eigenvalue weighted by atomic mass is 35.5. The van der Waals surface area contributed by atoms with Gasteiger partial charge in [0, 0.05) is 6.20 Å². The Balaban J connectivity index is 1.40. The number of hydrogen-bond donors (Lipinski definition) is 0. The van der Waals surface area contributed by atoms with E-state index in [1.165, 1.54) is 6.33 Å². The van der Waals surface area contributed by atoms with Crippen molar-refractivity contribution >= 4 is 28.6 Å². The Morgan fingerprint density at radius 2 is 2.08 bits per heavy atom. The van der Waals surface area contributed by atoms with E-state index in [2.05, 4.69) is 9.97 Å². The van der Waals surface area contributed by atoms with Gasteiger partial charge in [-0.05, 0) is 31.0 Å². The first-order chi connectivity index (χ1) is 12.2. The number of aromatic nitrogens is 3. The average Bonchev–Trinajstić information content (AvgIpc) is 3.27. The maximum Gasteiger partial charge on any atom is 0.338 e. The minimum atomic E-state index is -0.335. The van der Waals surface area contributed by atoms with E-state index in [0.29, 0.717) is 10.7 Å². The molecule has 3 aromatic rings. The van der Waals surface area contributed by atoms with Crippen LogP contribution in [-0.2, 0) is 9.47 Å². The summed E-state index contributed by atoms with van der Waals surface area (Å²) in [6.45, 7) is 0.235. The van der Waals surface area contributed by atoms with E-state index in [9.17, 15) is 4.79 Å². The van der Waals surface area contributed by atoms with Gasteiger partial charge in [0.25, 0.3) is 0 Å². The molecule has 1 aromatic carbocycles. The van der Waals surface area contributed by atoms with Crippen molar-refractivity contribution in [2.45, 2.75) is 25.2 Å². The predicted molar refractivity (Wildman–Crippen MR) is 92.4 cm³/mol. The molecule has 0 unspecified atom stereocenters. The summed E-state index contributed by atoms with van der Waals surface area (Å²) >= 11 is 6.09. The van der Waals surface area contributed by atoms with Crippen molar-refractivity contribution in [3.63, 3.8) is 0 Å². The third-order valence-electron chi connectivity index (χ3n) is 4.27. The van der Waals surface area contributed by atoms with Crippen LogP contribution < -0.4 is 0 Å². The number of halogens is 1. The molecule has 2 aromatic heterocycles. The lowest BCUT2D eigenvalue weighted by Gasteiger charge is -2.16. The Kier molecular flexibility index (Phi) is 4.38. The summed E-state index contributed by atoms with van der Waals surface area (Å²) in [6, 6.07) is 10.8. The van der Waals surface area contributed by atoms with E-state index in [4.69, 9.17) is 21.1 Å². The average molecular weight is 358 g/mol. The second kappa shape index (κ2) is 6.82. The summed E-state index contributed by atoms with van der Waals surface area (Å²) in [7, 11) is 0. The van der Waals surface area contributed by atoms with Gasteiger partial charge in [-0.15, -0.1) is 0 Å². The standard InChI is InChI=1S/C18H16ClN3O3/c19-16-14-8-9-22(17(14)21-11-20-16)15-7-6-13(25-15)10-24-18(23)12-4-2-1-3-5-12/h1-5,8-9,11,13,15H,6-7,10H2/t13-,15+/m0/s1. The summed E-state index contributed by atoms with van der Waals surface area (Å²) < 4.78 is 13.3. The van der Waals surface area contributed by atoms with Crippen molar-refractivity contribution < 1.29 is 14.3 Å². The molecule has 6 nitrogen and oxygen atoms in total. The molecule has 7 heteroatoms. The van der Waals surface area contributed by atoms with Crippen molar-refractivity contribution in [2.24, 2.45) is 0 Å². The molecule has 0 radical (unpaired) electrons. The monoisotopic (exact) mass is 357 g/mol. The number of carbonyl (C=O) groups is 1. The van der Waals surface area contributed by atoms with E-state index < -0.39 is 0 Å². The lowest BCUT2D eigenvalue weighted by Crippen LogP contribution is -2.19. The number of fused-ring (bicyclic) bond motifs is 1. The van der Waals surface area contributed by atoms with Gasteiger partial charge in [0.15, 0.2) is 0 Å². The Morgan fingerprint density at radius 3 is 2.92 bits per heavy atom. The SMILES string of the molecule is O=C(OC[C@@H]1CC[C@H](n2ccc3c(Cl)ncnc32)O1)c1ccccc1. The first kappa shape index (κ1) is 16.1. The lowest BCUT2D eigenvalue weighted by atomic mass is 10.2. The number of carbonyl (C=O) groups excluding carboxylic acids is 1. The number of hydrogen-bond acceptors (Lipinski definition) is 5. The normalized spacial score (nSPS) is 20.0. The van der Waals surface area contributed by atoms with Crippen LogP contribution in [0.3, 0.4) is 0 Å². The molecule has 4 rings (SSSR count). The topological polar surface area (TPSA) is 66.2 Å². The Morgan fingerprint density at radius 1 is 1.24 bits per heavy atom. The highest BCUT2D eigenvalue weighted by Crippen LogP contribution is 2.32. The molecule has 1 aliphatic rings. The van der Waals surface area contributed by atoms with Crippen molar-refractivity contribution in [1.29, 1.82) is 0 Å². The molecule has 0 bridgehead atoms. The van der Waals surface area contributed by atoms with Crippen LogP contribution in [0.1, 0.15) is 29.4 Å². The van der Waals surface area contributed by atoms with Crippen molar-refractivity contribution in [3.8, 4) is 0 Å². The molecule has 128 valence electrons. The van der Waals surface area contributed by atoms with Crippen molar-refractivity contribution in [1.82, 2.24) is 14.5 Å². The summed E-state index contributed by atoms with van der Waals surface area (Å²) in [5.41, 5.74) is 1.28. The maximum atomic E-state index is 12.0. The number of nitrogens with zero attached hydrogens (tertiary/aromatic N) is 3.